The summed E-state index contributed by atoms with van der Waals surface area (Å²) in [4.78, 5) is 0. The molecule has 1 aliphatic carbocycles. The highest BCUT2D eigenvalue weighted by molar-refractivity contribution is 5.56. The summed E-state index contributed by atoms with van der Waals surface area (Å²) in [6, 6.07) is 7.25. The summed E-state index contributed by atoms with van der Waals surface area (Å²) in [6.07, 6.45) is 12.9. The zero-order valence-electron chi connectivity index (χ0n) is 8.56. The molecule has 0 radical (unpaired) electrons. The Morgan fingerprint density at radius 1 is 1.13 bits per heavy atom. The van der Waals surface area contributed by atoms with Crippen LogP contribution < -0.4 is 0 Å². The Labute approximate surface area is 90.1 Å². The monoisotopic (exact) mass is 198 g/mol. The maximum Gasteiger partial charge on any atom is 0.116 e. The fourth-order valence-electron chi connectivity index (χ4n) is 1.58. The molecule has 76 valence electrons. The number of phenols is 1. The molecule has 1 nitrogen and oxygen atoms in total. The van der Waals surface area contributed by atoms with Crippen LogP contribution in [0.25, 0.3) is 6.08 Å². The van der Waals surface area contributed by atoms with Gasteiger partial charge < -0.3 is 5.11 Å². The minimum atomic E-state index is 0.310. The first-order chi connectivity index (χ1) is 7.34. The van der Waals surface area contributed by atoms with Crippen molar-refractivity contribution < 1.29 is 5.11 Å². The molecule has 0 saturated carbocycles. The molecule has 1 aromatic rings. The van der Waals surface area contributed by atoms with Crippen molar-refractivity contribution in [3.8, 4) is 5.75 Å². The van der Waals surface area contributed by atoms with Crippen molar-refractivity contribution in [2.75, 3.05) is 0 Å². The molecule has 0 unspecified atom stereocenters. The van der Waals surface area contributed by atoms with Crippen molar-refractivity contribution in [3.05, 3.63) is 59.7 Å². The highest BCUT2D eigenvalue weighted by atomic mass is 16.3. The van der Waals surface area contributed by atoms with Crippen LogP contribution in [-0.4, -0.2) is 5.11 Å². The van der Waals surface area contributed by atoms with Crippen LogP contribution in [0.4, 0.5) is 0 Å². The lowest BCUT2D eigenvalue weighted by molar-refractivity contribution is 0.475. The van der Waals surface area contributed by atoms with Gasteiger partial charge >= 0.3 is 0 Å². The second-order valence-corrected chi connectivity index (χ2v) is 3.61. The summed E-state index contributed by atoms with van der Waals surface area (Å²) < 4.78 is 0. The maximum absolute atomic E-state index is 9.29. The van der Waals surface area contributed by atoms with E-state index in [2.05, 4.69) is 24.3 Å². The fourth-order valence-corrected chi connectivity index (χ4v) is 1.58. The number of benzene rings is 1. The molecule has 0 aliphatic heterocycles. The molecule has 1 heteroatoms. The Kier molecular flexibility index (Phi) is 3.03. The van der Waals surface area contributed by atoms with Crippen molar-refractivity contribution in [3.63, 3.8) is 0 Å². The molecule has 0 atom stereocenters. The molecule has 0 saturated heterocycles. The first-order valence-electron chi connectivity index (χ1n) is 5.18. The second kappa shape index (κ2) is 4.65. The van der Waals surface area contributed by atoms with Gasteiger partial charge in [0.15, 0.2) is 0 Å². The van der Waals surface area contributed by atoms with E-state index in [1.165, 1.54) is 5.57 Å². The lowest BCUT2D eigenvalue weighted by Gasteiger charge is -2.01. The standard InChI is InChI=1S/C14H14O/c15-14-8-4-7-13(11-14)10-9-12-5-2-1-3-6-12/h2,4-11,15H,1,3H2/b10-9+. The van der Waals surface area contributed by atoms with E-state index < -0.39 is 0 Å². The predicted octanol–water partition coefficient (Wildman–Crippen LogP) is 3.68. The van der Waals surface area contributed by atoms with Gasteiger partial charge in [0.2, 0.25) is 0 Å². The molecule has 1 aliphatic rings. The minimum absolute atomic E-state index is 0.310. The molecular weight excluding hydrogens is 184 g/mol. The number of rotatable bonds is 2. The quantitative estimate of drug-likeness (QED) is 0.768. The van der Waals surface area contributed by atoms with Crippen molar-refractivity contribution in [1.29, 1.82) is 0 Å². The van der Waals surface area contributed by atoms with Gasteiger partial charge in [0.05, 0.1) is 0 Å². The first-order valence-corrected chi connectivity index (χ1v) is 5.18. The van der Waals surface area contributed by atoms with E-state index in [0.717, 1.165) is 18.4 Å². The van der Waals surface area contributed by atoms with Crippen LogP contribution >= 0.6 is 0 Å². The average Bonchev–Trinajstić information content (AvgIpc) is 2.28. The van der Waals surface area contributed by atoms with Gasteiger partial charge in [-0.05, 0) is 36.1 Å². The number of hydrogen-bond donors (Lipinski definition) is 1. The summed E-state index contributed by atoms with van der Waals surface area (Å²) in [5.41, 5.74) is 2.26. The van der Waals surface area contributed by atoms with Gasteiger partial charge in [-0.25, -0.2) is 0 Å². The summed E-state index contributed by atoms with van der Waals surface area (Å²) >= 11 is 0. The van der Waals surface area contributed by atoms with Crippen LogP contribution in [0.1, 0.15) is 18.4 Å². The highest BCUT2D eigenvalue weighted by Gasteiger charge is 1.93. The molecular formula is C14H14O. The predicted molar refractivity (Wildman–Crippen MR) is 63.6 cm³/mol. The second-order valence-electron chi connectivity index (χ2n) is 3.61. The van der Waals surface area contributed by atoms with Crippen molar-refractivity contribution in [2.24, 2.45) is 0 Å². The summed E-state index contributed by atoms with van der Waals surface area (Å²) in [5, 5.41) is 9.29. The molecule has 0 bridgehead atoms. The lowest BCUT2D eigenvalue weighted by atomic mass is 10.1. The van der Waals surface area contributed by atoms with Crippen LogP contribution in [0, 0.1) is 0 Å². The van der Waals surface area contributed by atoms with E-state index in [9.17, 15) is 5.11 Å². The van der Waals surface area contributed by atoms with Crippen molar-refractivity contribution >= 4 is 6.08 Å². The molecule has 1 N–H and O–H groups in total. The third kappa shape index (κ3) is 2.84. The molecule has 0 spiro atoms. The molecule has 0 fully saturated rings. The number of aromatic hydroxyl groups is 1. The van der Waals surface area contributed by atoms with E-state index in [-0.39, 0.29) is 0 Å². The van der Waals surface area contributed by atoms with Gasteiger partial charge in [0.25, 0.3) is 0 Å². The third-order valence-electron chi connectivity index (χ3n) is 2.36. The van der Waals surface area contributed by atoms with Crippen LogP contribution in [-0.2, 0) is 0 Å². The Morgan fingerprint density at radius 3 is 2.80 bits per heavy atom. The molecule has 0 amide bonds. The van der Waals surface area contributed by atoms with Crippen molar-refractivity contribution in [2.45, 2.75) is 12.8 Å². The van der Waals surface area contributed by atoms with Crippen molar-refractivity contribution in [1.82, 2.24) is 0 Å². The Hall–Kier alpha value is -1.76. The Balaban J connectivity index is 2.11. The van der Waals surface area contributed by atoms with E-state index >= 15 is 0 Å². The van der Waals surface area contributed by atoms with E-state index in [4.69, 9.17) is 0 Å². The van der Waals surface area contributed by atoms with Gasteiger partial charge in [0.1, 0.15) is 5.75 Å². The Morgan fingerprint density at radius 2 is 2.07 bits per heavy atom. The fraction of sp³-hybridized carbons (Fsp3) is 0.143. The van der Waals surface area contributed by atoms with Crippen LogP contribution in [0.2, 0.25) is 0 Å². The molecule has 1 aromatic carbocycles. The molecule has 15 heavy (non-hydrogen) atoms. The lowest BCUT2D eigenvalue weighted by Crippen LogP contribution is -1.80. The normalized spacial score (nSPS) is 15.6. The van der Waals surface area contributed by atoms with Gasteiger partial charge in [-0.15, -0.1) is 0 Å². The van der Waals surface area contributed by atoms with Gasteiger partial charge in [0, 0.05) is 0 Å². The van der Waals surface area contributed by atoms with E-state index in [1.54, 1.807) is 12.1 Å². The smallest absolute Gasteiger partial charge is 0.116 e. The maximum atomic E-state index is 9.29. The summed E-state index contributed by atoms with van der Waals surface area (Å²) in [6.45, 7) is 0. The minimum Gasteiger partial charge on any atom is -0.508 e. The SMILES string of the molecule is Oc1cccc(/C=C/C2=CCCC=C2)c1. The number of hydrogen-bond acceptors (Lipinski definition) is 1. The highest BCUT2D eigenvalue weighted by Crippen LogP contribution is 2.15. The Bertz CT molecular complexity index is 425. The summed E-state index contributed by atoms with van der Waals surface area (Å²) in [7, 11) is 0. The molecule has 2 rings (SSSR count). The zero-order valence-corrected chi connectivity index (χ0v) is 8.56. The van der Waals surface area contributed by atoms with Gasteiger partial charge in [-0.3, -0.25) is 0 Å². The van der Waals surface area contributed by atoms with Gasteiger partial charge in [-0.2, -0.15) is 0 Å². The average molecular weight is 198 g/mol. The van der Waals surface area contributed by atoms with E-state index in [0.29, 0.717) is 5.75 Å². The van der Waals surface area contributed by atoms with Gasteiger partial charge in [-0.1, -0.05) is 42.5 Å². The van der Waals surface area contributed by atoms with Crippen LogP contribution in [0.3, 0.4) is 0 Å². The topological polar surface area (TPSA) is 20.2 Å². The number of allylic oxidation sites excluding steroid dienone is 5. The summed E-state index contributed by atoms with van der Waals surface area (Å²) in [5.74, 6) is 0.310. The molecule has 0 aromatic heterocycles. The number of phenolic OH excluding ortho intramolecular Hbond substituents is 1. The zero-order chi connectivity index (χ0) is 10.5. The third-order valence-corrected chi connectivity index (χ3v) is 2.36. The van der Waals surface area contributed by atoms with E-state index in [1.807, 2.05) is 18.2 Å². The van der Waals surface area contributed by atoms with Crippen LogP contribution in [0.5, 0.6) is 5.75 Å². The molecule has 0 heterocycles. The largest absolute Gasteiger partial charge is 0.508 e. The first kappa shape index (κ1) is 9.78. The van der Waals surface area contributed by atoms with Crippen LogP contribution in [0.15, 0.2) is 54.1 Å².